The van der Waals surface area contributed by atoms with Crippen LogP contribution >= 0.6 is 0 Å². The molecule has 5 heteroatoms. The van der Waals surface area contributed by atoms with Crippen LogP contribution in [0.1, 0.15) is 19.4 Å². The Kier molecular flexibility index (Phi) is 2.82. The Labute approximate surface area is 115 Å². The summed E-state index contributed by atoms with van der Waals surface area (Å²) in [4.78, 5) is 15.5. The maximum Gasteiger partial charge on any atom is 0.337 e. The number of nitrogens with zero attached hydrogens (tertiary/aromatic N) is 1. The standard InChI is InChI=1S/C15H13NO4/c1-15(2)19-12(7-14(17)20-15)10-4-3-5-11(6-10)13-8-16-9-18-13/h3-9H,1-2H3. The highest BCUT2D eigenvalue weighted by atomic mass is 16.7. The van der Waals surface area contributed by atoms with Crippen LogP contribution in [0.25, 0.3) is 17.1 Å². The molecule has 1 aromatic carbocycles. The maximum atomic E-state index is 11.6. The van der Waals surface area contributed by atoms with E-state index in [4.69, 9.17) is 13.9 Å². The van der Waals surface area contributed by atoms with Gasteiger partial charge in [0.15, 0.2) is 12.2 Å². The van der Waals surface area contributed by atoms with Crippen molar-refractivity contribution in [3.8, 4) is 11.3 Å². The topological polar surface area (TPSA) is 61.6 Å². The SMILES string of the molecule is CC1(C)OC(=O)C=C(c2cccc(-c3cnco3)c2)O1. The van der Waals surface area contributed by atoms with E-state index in [2.05, 4.69) is 4.98 Å². The fraction of sp³-hybridized carbons (Fsp3) is 0.200. The molecule has 0 saturated carbocycles. The molecule has 0 spiro atoms. The van der Waals surface area contributed by atoms with Crippen molar-refractivity contribution in [1.29, 1.82) is 0 Å². The number of cyclic esters (lactones) is 1. The molecule has 2 aromatic rings. The number of carbonyl (C=O) groups excluding carboxylic acids is 1. The van der Waals surface area contributed by atoms with E-state index in [0.29, 0.717) is 11.5 Å². The number of rotatable bonds is 2. The van der Waals surface area contributed by atoms with Gasteiger partial charge in [0.25, 0.3) is 0 Å². The number of benzene rings is 1. The normalized spacial score (nSPS) is 17.1. The first-order chi connectivity index (χ1) is 9.53. The number of aromatic nitrogens is 1. The number of esters is 1. The summed E-state index contributed by atoms with van der Waals surface area (Å²) in [6.45, 7) is 3.39. The van der Waals surface area contributed by atoms with E-state index in [0.717, 1.165) is 11.1 Å². The van der Waals surface area contributed by atoms with E-state index < -0.39 is 11.8 Å². The zero-order chi connectivity index (χ0) is 14.2. The van der Waals surface area contributed by atoms with Crippen molar-refractivity contribution in [3.05, 3.63) is 48.5 Å². The van der Waals surface area contributed by atoms with Crippen molar-refractivity contribution in [2.45, 2.75) is 19.6 Å². The van der Waals surface area contributed by atoms with E-state index in [-0.39, 0.29) is 0 Å². The summed E-state index contributed by atoms with van der Waals surface area (Å²) in [5.41, 5.74) is 1.64. The molecular formula is C15H13NO4. The fourth-order valence-corrected chi connectivity index (χ4v) is 2.02. The highest BCUT2D eigenvalue weighted by Gasteiger charge is 2.30. The van der Waals surface area contributed by atoms with Gasteiger partial charge in [0.2, 0.25) is 5.79 Å². The van der Waals surface area contributed by atoms with Crippen LogP contribution in [0.5, 0.6) is 0 Å². The average molecular weight is 271 g/mol. The molecule has 0 atom stereocenters. The molecule has 3 rings (SSSR count). The Morgan fingerprint density at radius 2 is 1.95 bits per heavy atom. The number of carbonyl (C=O) groups is 1. The maximum absolute atomic E-state index is 11.6. The van der Waals surface area contributed by atoms with Crippen LogP contribution in [-0.2, 0) is 14.3 Å². The lowest BCUT2D eigenvalue weighted by molar-refractivity contribution is -0.193. The Morgan fingerprint density at radius 3 is 2.65 bits per heavy atom. The van der Waals surface area contributed by atoms with Gasteiger partial charge in [-0.25, -0.2) is 9.78 Å². The third-order valence-corrected chi connectivity index (χ3v) is 2.82. The van der Waals surface area contributed by atoms with Crippen molar-refractivity contribution in [1.82, 2.24) is 4.98 Å². The lowest BCUT2D eigenvalue weighted by Gasteiger charge is -2.30. The molecule has 0 amide bonds. The molecule has 20 heavy (non-hydrogen) atoms. The number of oxazole rings is 1. The summed E-state index contributed by atoms with van der Waals surface area (Å²) in [5.74, 6) is -0.248. The minimum absolute atomic E-state index is 0.415. The second kappa shape index (κ2) is 4.52. The van der Waals surface area contributed by atoms with Gasteiger partial charge in [-0.3, -0.25) is 0 Å². The first-order valence-corrected chi connectivity index (χ1v) is 6.16. The molecule has 0 N–H and O–H groups in total. The van der Waals surface area contributed by atoms with E-state index in [1.165, 1.54) is 12.5 Å². The zero-order valence-electron chi connectivity index (χ0n) is 11.1. The predicted molar refractivity (Wildman–Crippen MR) is 71.2 cm³/mol. The molecule has 5 nitrogen and oxygen atoms in total. The molecule has 1 aliphatic rings. The average Bonchev–Trinajstić information content (AvgIpc) is 2.90. The quantitative estimate of drug-likeness (QED) is 0.786. The number of hydrogen-bond acceptors (Lipinski definition) is 5. The van der Waals surface area contributed by atoms with Gasteiger partial charge in [0.05, 0.1) is 12.3 Å². The molecule has 0 unspecified atom stereocenters. The molecule has 0 fully saturated rings. The van der Waals surface area contributed by atoms with Crippen molar-refractivity contribution in [3.63, 3.8) is 0 Å². The lowest BCUT2D eigenvalue weighted by atomic mass is 10.1. The second-order valence-corrected chi connectivity index (χ2v) is 4.88. The first-order valence-electron chi connectivity index (χ1n) is 6.16. The monoisotopic (exact) mass is 271 g/mol. The van der Waals surface area contributed by atoms with Crippen LogP contribution in [0, 0.1) is 0 Å². The molecule has 0 radical (unpaired) electrons. The molecule has 0 aliphatic carbocycles. The fourth-order valence-electron chi connectivity index (χ4n) is 2.02. The van der Waals surface area contributed by atoms with E-state index >= 15 is 0 Å². The molecular weight excluding hydrogens is 258 g/mol. The van der Waals surface area contributed by atoms with Gasteiger partial charge in [-0.15, -0.1) is 0 Å². The highest BCUT2D eigenvalue weighted by Crippen LogP contribution is 2.30. The highest BCUT2D eigenvalue weighted by molar-refractivity contribution is 5.91. The van der Waals surface area contributed by atoms with Gasteiger partial charge in [-0.05, 0) is 6.07 Å². The van der Waals surface area contributed by atoms with Crippen molar-refractivity contribution in [2.24, 2.45) is 0 Å². The molecule has 0 saturated heterocycles. The Bertz CT molecular complexity index is 671. The molecule has 102 valence electrons. The predicted octanol–water partition coefficient (Wildman–Crippen LogP) is 2.99. The van der Waals surface area contributed by atoms with Gasteiger partial charge < -0.3 is 13.9 Å². The van der Waals surface area contributed by atoms with E-state index in [1.54, 1.807) is 20.0 Å². The van der Waals surface area contributed by atoms with Gasteiger partial charge in [0.1, 0.15) is 5.76 Å². The van der Waals surface area contributed by atoms with Crippen LogP contribution in [0.2, 0.25) is 0 Å². The van der Waals surface area contributed by atoms with Crippen LogP contribution in [0.3, 0.4) is 0 Å². The Hall–Kier alpha value is -2.56. The molecule has 1 aromatic heterocycles. The van der Waals surface area contributed by atoms with Crippen LogP contribution < -0.4 is 0 Å². The van der Waals surface area contributed by atoms with E-state index in [1.807, 2.05) is 24.3 Å². The molecule has 1 aliphatic heterocycles. The Morgan fingerprint density at radius 1 is 1.15 bits per heavy atom. The van der Waals surface area contributed by atoms with Crippen molar-refractivity contribution < 1.29 is 18.7 Å². The first kappa shape index (κ1) is 12.5. The van der Waals surface area contributed by atoms with Crippen LogP contribution in [0.4, 0.5) is 0 Å². The summed E-state index contributed by atoms with van der Waals surface area (Å²) in [7, 11) is 0. The summed E-state index contributed by atoms with van der Waals surface area (Å²) in [6, 6.07) is 7.50. The summed E-state index contributed by atoms with van der Waals surface area (Å²) >= 11 is 0. The third-order valence-electron chi connectivity index (χ3n) is 2.82. The van der Waals surface area contributed by atoms with Gasteiger partial charge in [-0.2, -0.15) is 0 Å². The minimum Gasteiger partial charge on any atom is -0.452 e. The largest absolute Gasteiger partial charge is 0.452 e. The smallest absolute Gasteiger partial charge is 0.337 e. The van der Waals surface area contributed by atoms with Crippen molar-refractivity contribution >= 4 is 11.7 Å². The summed E-state index contributed by atoms with van der Waals surface area (Å²) in [5, 5.41) is 0. The molecule has 2 heterocycles. The van der Waals surface area contributed by atoms with Gasteiger partial charge >= 0.3 is 5.97 Å². The molecule has 0 bridgehead atoms. The second-order valence-electron chi connectivity index (χ2n) is 4.88. The van der Waals surface area contributed by atoms with Gasteiger partial charge in [0, 0.05) is 25.0 Å². The number of hydrogen-bond donors (Lipinski definition) is 0. The minimum atomic E-state index is -0.969. The third kappa shape index (κ3) is 2.42. The van der Waals surface area contributed by atoms with Gasteiger partial charge in [-0.1, -0.05) is 18.2 Å². The zero-order valence-corrected chi connectivity index (χ0v) is 11.1. The van der Waals surface area contributed by atoms with Crippen LogP contribution in [-0.4, -0.2) is 16.7 Å². The summed E-state index contributed by atoms with van der Waals surface area (Å²) in [6.07, 6.45) is 4.34. The van der Waals surface area contributed by atoms with Crippen LogP contribution in [0.15, 0.2) is 47.3 Å². The summed E-state index contributed by atoms with van der Waals surface area (Å²) < 4.78 is 16.0. The lowest BCUT2D eigenvalue weighted by Crippen LogP contribution is -2.33. The Balaban J connectivity index is 1.99. The van der Waals surface area contributed by atoms with E-state index in [9.17, 15) is 4.79 Å². The number of ether oxygens (including phenoxy) is 2. The van der Waals surface area contributed by atoms with Crippen molar-refractivity contribution in [2.75, 3.05) is 0 Å².